The highest BCUT2D eigenvalue weighted by Gasteiger charge is 2.11. The number of ether oxygens (including phenoxy) is 1. The number of methoxy groups -OCH3 is 1. The van der Waals surface area contributed by atoms with Gasteiger partial charge in [0.2, 0.25) is 0 Å². The van der Waals surface area contributed by atoms with Crippen LogP contribution in [0.25, 0.3) is 0 Å². The zero-order valence-corrected chi connectivity index (χ0v) is 12.6. The Labute approximate surface area is 121 Å². The molecule has 2 aromatic rings. The van der Waals surface area contributed by atoms with E-state index in [1.54, 1.807) is 7.11 Å². The minimum absolute atomic E-state index is 0.228. The minimum atomic E-state index is 0.228. The van der Waals surface area contributed by atoms with Crippen LogP contribution in [0.1, 0.15) is 35.3 Å². The van der Waals surface area contributed by atoms with Gasteiger partial charge in [-0.2, -0.15) is 0 Å². The van der Waals surface area contributed by atoms with Crippen molar-refractivity contribution in [1.29, 1.82) is 0 Å². The predicted octanol–water partition coefficient (Wildman–Crippen LogP) is 3.56. The largest absolute Gasteiger partial charge is 0.496 e. The van der Waals surface area contributed by atoms with E-state index in [2.05, 4.69) is 42.3 Å². The van der Waals surface area contributed by atoms with Gasteiger partial charge < -0.3 is 10.1 Å². The molecule has 0 aliphatic rings. The minimum Gasteiger partial charge on any atom is -0.496 e. The molecule has 1 heterocycles. The van der Waals surface area contributed by atoms with E-state index in [0.29, 0.717) is 0 Å². The Balaban J connectivity index is 2.06. The Hall–Kier alpha value is -1.87. The van der Waals surface area contributed by atoms with Crippen molar-refractivity contribution in [3.8, 4) is 5.75 Å². The van der Waals surface area contributed by atoms with E-state index >= 15 is 0 Å². The third kappa shape index (κ3) is 3.58. The Morgan fingerprint density at radius 3 is 2.65 bits per heavy atom. The zero-order valence-electron chi connectivity index (χ0n) is 12.6. The molecule has 0 radical (unpaired) electrons. The second-order valence-corrected chi connectivity index (χ2v) is 5.16. The number of aryl methyl sites for hydroxylation is 2. The number of pyridine rings is 1. The van der Waals surface area contributed by atoms with Crippen LogP contribution in [0, 0.1) is 13.8 Å². The van der Waals surface area contributed by atoms with Crippen LogP contribution in [-0.2, 0) is 6.54 Å². The molecule has 1 aromatic heterocycles. The molecule has 3 nitrogen and oxygen atoms in total. The summed E-state index contributed by atoms with van der Waals surface area (Å²) in [7, 11) is 1.71. The summed E-state index contributed by atoms with van der Waals surface area (Å²) in [6.45, 7) is 7.04. The summed E-state index contributed by atoms with van der Waals surface area (Å²) in [4.78, 5) is 4.31. The molecule has 0 aliphatic carbocycles. The Morgan fingerprint density at radius 2 is 2.00 bits per heavy atom. The van der Waals surface area contributed by atoms with E-state index in [1.807, 2.05) is 25.3 Å². The highest BCUT2D eigenvalue weighted by Crippen LogP contribution is 2.26. The number of hydrogen-bond acceptors (Lipinski definition) is 3. The summed E-state index contributed by atoms with van der Waals surface area (Å²) in [5, 5.41) is 3.52. The van der Waals surface area contributed by atoms with Gasteiger partial charge in [-0.3, -0.25) is 4.98 Å². The van der Waals surface area contributed by atoms with Gasteiger partial charge in [-0.1, -0.05) is 23.8 Å². The lowest BCUT2D eigenvalue weighted by Gasteiger charge is -2.18. The second kappa shape index (κ2) is 6.53. The number of benzene rings is 1. The van der Waals surface area contributed by atoms with Gasteiger partial charge in [0.15, 0.2) is 0 Å². The highest BCUT2D eigenvalue weighted by atomic mass is 16.5. The number of nitrogens with zero attached hydrogens (tertiary/aromatic N) is 1. The van der Waals surface area contributed by atoms with Gasteiger partial charge in [0.25, 0.3) is 0 Å². The van der Waals surface area contributed by atoms with E-state index in [0.717, 1.165) is 18.0 Å². The van der Waals surface area contributed by atoms with Gasteiger partial charge in [-0.25, -0.2) is 0 Å². The van der Waals surface area contributed by atoms with Crippen LogP contribution in [0.3, 0.4) is 0 Å². The lowest BCUT2D eigenvalue weighted by molar-refractivity contribution is 0.401. The van der Waals surface area contributed by atoms with E-state index in [1.165, 1.54) is 16.7 Å². The van der Waals surface area contributed by atoms with Gasteiger partial charge in [0.1, 0.15) is 5.75 Å². The third-order valence-electron chi connectivity index (χ3n) is 3.44. The monoisotopic (exact) mass is 270 g/mol. The summed E-state index contributed by atoms with van der Waals surface area (Å²) in [6, 6.07) is 10.6. The first kappa shape index (κ1) is 14.5. The van der Waals surface area contributed by atoms with Gasteiger partial charge in [-0.15, -0.1) is 0 Å². The first-order chi connectivity index (χ1) is 9.60. The van der Waals surface area contributed by atoms with Crippen LogP contribution in [0.5, 0.6) is 5.75 Å². The smallest absolute Gasteiger partial charge is 0.123 e. The maximum atomic E-state index is 5.44. The molecule has 20 heavy (non-hydrogen) atoms. The van der Waals surface area contributed by atoms with Gasteiger partial charge in [-0.05, 0) is 38.5 Å². The van der Waals surface area contributed by atoms with Gasteiger partial charge in [0.05, 0.1) is 7.11 Å². The average molecular weight is 270 g/mol. The number of nitrogens with one attached hydrogen (secondary N) is 1. The van der Waals surface area contributed by atoms with Crippen LogP contribution in [0.15, 0.2) is 36.5 Å². The van der Waals surface area contributed by atoms with Crippen LogP contribution in [0.2, 0.25) is 0 Å². The summed E-state index contributed by atoms with van der Waals surface area (Å²) < 4.78 is 5.44. The van der Waals surface area contributed by atoms with E-state index in [-0.39, 0.29) is 6.04 Å². The molecule has 1 N–H and O–H groups in total. The molecule has 0 bridgehead atoms. The van der Waals surface area contributed by atoms with Crippen LogP contribution < -0.4 is 10.1 Å². The van der Waals surface area contributed by atoms with Crippen molar-refractivity contribution in [2.75, 3.05) is 7.11 Å². The summed E-state index contributed by atoms with van der Waals surface area (Å²) in [5.74, 6) is 0.928. The molecule has 1 aromatic carbocycles. The Morgan fingerprint density at radius 1 is 1.20 bits per heavy atom. The summed E-state index contributed by atoms with van der Waals surface area (Å²) >= 11 is 0. The summed E-state index contributed by atoms with van der Waals surface area (Å²) in [5.41, 5.74) is 4.66. The molecule has 1 unspecified atom stereocenters. The number of aromatic nitrogens is 1. The first-order valence-electron chi connectivity index (χ1n) is 6.89. The number of hydrogen-bond donors (Lipinski definition) is 1. The van der Waals surface area contributed by atoms with Gasteiger partial charge >= 0.3 is 0 Å². The molecule has 0 amide bonds. The molecule has 0 saturated heterocycles. The molecule has 0 fully saturated rings. The Bertz CT molecular complexity index is 564. The maximum absolute atomic E-state index is 5.44. The average Bonchev–Trinajstić information content (AvgIpc) is 2.46. The first-order valence-corrected chi connectivity index (χ1v) is 6.89. The third-order valence-corrected chi connectivity index (χ3v) is 3.44. The zero-order chi connectivity index (χ0) is 14.5. The van der Waals surface area contributed by atoms with Crippen molar-refractivity contribution in [3.05, 3.63) is 58.9 Å². The summed E-state index contributed by atoms with van der Waals surface area (Å²) in [6.07, 6.45) is 1.92. The Kier molecular flexibility index (Phi) is 4.74. The van der Waals surface area contributed by atoms with Crippen LogP contribution >= 0.6 is 0 Å². The lowest BCUT2D eigenvalue weighted by atomic mass is 10.0. The lowest BCUT2D eigenvalue weighted by Crippen LogP contribution is -2.19. The normalized spacial score (nSPS) is 12.2. The molecule has 3 heteroatoms. The van der Waals surface area contributed by atoms with Crippen molar-refractivity contribution >= 4 is 0 Å². The fourth-order valence-corrected chi connectivity index (χ4v) is 2.18. The van der Waals surface area contributed by atoms with E-state index < -0.39 is 0 Å². The van der Waals surface area contributed by atoms with E-state index in [4.69, 9.17) is 4.74 Å². The van der Waals surface area contributed by atoms with E-state index in [9.17, 15) is 0 Å². The molecule has 2 rings (SSSR count). The van der Waals surface area contributed by atoms with Crippen molar-refractivity contribution in [2.24, 2.45) is 0 Å². The highest BCUT2D eigenvalue weighted by molar-refractivity contribution is 5.38. The van der Waals surface area contributed by atoms with Crippen molar-refractivity contribution in [3.63, 3.8) is 0 Å². The van der Waals surface area contributed by atoms with Crippen molar-refractivity contribution in [1.82, 2.24) is 10.3 Å². The maximum Gasteiger partial charge on any atom is 0.123 e. The SMILES string of the molecule is COc1ccc(C)cc1C(C)NCc1ccc(C)nc1. The molecule has 0 spiro atoms. The topological polar surface area (TPSA) is 34.1 Å². The molecular formula is C17H22N2O. The molecule has 1 atom stereocenters. The quantitative estimate of drug-likeness (QED) is 0.902. The fraction of sp³-hybridized carbons (Fsp3) is 0.353. The number of rotatable bonds is 5. The molecule has 106 valence electrons. The second-order valence-electron chi connectivity index (χ2n) is 5.16. The standard InChI is InChI=1S/C17H22N2O/c1-12-5-8-17(20-4)16(9-12)14(3)19-11-15-7-6-13(2)18-10-15/h5-10,14,19H,11H2,1-4H3. The van der Waals surface area contributed by atoms with Crippen LogP contribution in [-0.4, -0.2) is 12.1 Å². The van der Waals surface area contributed by atoms with Crippen LogP contribution in [0.4, 0.5) is 0 Å². The molecule has 0 saturated carbocycles. The van der Waals surface area contributed by atoms with Crippen molar-refractivity contribution < 1.29 is 4.74 Å². The van der Waals surface area contributed by atoms with Crippen molar-refractivity contribution in [2.45, 2.75) is 33.4 Å². The predicted molar refractivity (Wildman–Crippen MR) is 82.0 cm³/mol. The molecular weight excluding hydrogens is 248 g/mol. The van der Waals surface area contributed by atoms with Gasteiger partial charge in [0, 0.05) is 30.0 Å². The fourth-order valence-electron chi connectivity index (χ4n) is 2.18. The molecule has 0 aliphatic heterocycles.